The van der Waals surface area contributed by atoms with Crippen molar-refractivity contribution in [3.8, 4) is 0 Å². The predicted octanol–water partition coefficient (Wildman–Crippen LogP) is 3.72. The summed E-state index contributed by atoms with van der Waals surface area (Å²) in [5.41, 5.74) is 3.06. The summed E-state index contributed by atoms with van der Waals surface area (Å²) in [6, 6.07) is 8.39. The van der Waals surface area contributed by atoms with Gasteiger partial charge in [0.1, 0.15) is 5.82 Å². The van der Waals surface area contributed by atoms with Crippen molar-refractivity contribution in [2.24, 2.45) is 11.8 Å². The summed E-state index contributed by atoms with van der Waals surface area (Å²) in [5.74, 6) is 1.87. The third kappa shape index (κ3) is 2.88. The Morgan fingerprint density at radius 2 is 2.08 bits per heavy atom. The van der Waals surface area contributed by atoms with Gasteiger partial charge < -0.3 is 10.2 Å². The number of hydrogen-bond donors (Lipinski definition) is 1. The van der Waals surface area contributed by atoms with Crippen molar-refractivity contribution in [1.29, 1.82) is 0 Å². The Morgan fingerprint density at radius 1 is 1.28 bits per heavy atom. The first-order valence-electron chi connectivity index (χ1n) is 9.00. The van der Waals surface area contributed by atoms with Crippen molar-refractivity contribution in [2.45, 2.75) is 45.7 Å². The van der Waals surface area contributed by atoms with Gasteiger partial charge in [0, 0.05) is 36.3 Å². The molecule has 3 heterocycles. The molecular weight excluding hydrogens is 312 g/mol. The van der Waals surface area contributed by atoms with E-state index in [1.165, 1.54) is 12.8 Å². The zero-order valence-electron chi connectivity index (χ0n) is 14.9. The molecule has 2 unspecified atom stereocenters. The van der Waals surface area contributed by atoms with Crippen molar-refractivity contribution >= 4 is 17.4 Å². The van der Waals surface area contributed by atoms with Crippen molar-refractivity contribution < 1.29 is 4.79 Å². The van der Waals surface area contributed by atoms with E-state index in [4.69, 9.17) is 0 Å². The SMILES string of the molecule is CC(=O)N1c2cnccc2C(Nc2cccc(C)n2)[C@@H](C)C1C1CC1. The number of hydrogen-bond acceptors (Lipinski definition) is 4. The molecule has 130 valence electrons. The topological polar surface area (TPSA) is 58.1 Å². The number of anilines is 2. The zero-order valence-corrected chi connectivity index (χ0v) is 14.9. The van der Waals surface area contributed by atoms with E-state index in [1.807, 2.05) is 42.3 Å². The fraction of sp³-hybridized carbons (Fsp3) is 0.450. The quantitative estimate of drug-likeness (QED) is 0.928. The molecule has 3 atom stereocenters. The van der Waals surface area contributed by atoms with Crippen LogP contribution in [0.15, 0.2) is 36.7 Å². The van der Waals surface area contributed by atoms with Gasteiger partial charge in [0.2, 0.25) is 5.91 Å². The Balaban J connectivity index is 1.77. The first-order chi connectivity index (χ1) is 12.1. The van der Waals surface area contributed by atoms with Gasteiger partial charge in [-0.1, -0.05) is 13.0 Å². The number of nitrogens with one attached hydrogen (secondary N) is 1. The summed E-state index contributed by atoms with van der Waals surface area (Å²) in [5, 5.41) is 3.62. The fourth-order valence-corrected chi connectivity index (χ4v) is 4.19. The summed E-state index contributed by atoms with van der Waals surface area (Å²) in [4.78, 5) is 23.3. The number of nitrogens with zero attached hydrogens (tertiary/aromatic N) is 3. The minimum Gasteiger partial charge on any atom is -0.363 e. The minimum absolute atomic E-state index is 0.102. The van der Waals surface area contributed by atoms with Gasteiger partial charge in [-0.15, -0.1) is 0 Å². The van der Waals surface area contributed by atoms with Gasteiger partial charge in [-0.3, -0.25) is 9.78 Å². The van der Waals surface area contributed by atoms with Crippen LogP contribution in [-0.2, 0) is 4.79 Å². The van der Waals surface area contributed by atoms with E-state index in [0.29, 0.717) is 11.8 Å². The Hall–Kier alpha value is -2.43. The first kappa shape index (κ1) is 16.1. The molecule has 1 aliphatic carbocycles. The van der Waals surface area contributed by atoms with E-state index in [9.17, 15) is 4.79 Å². The largest absolute Gasteiger partial charge is 0.363 e. The Labute approximate surface area is 148 Å². The van der Waals surface area contributed by atoms with Gasteiger partial charge >= 0.3 is 0 Å². The molecule has 1 saturated carbocycles. The van der Waals surface area contributed by atoms with E-state index in [0.717, 1.165) is 22.8 Å². The Bertz CT molecular complexity index is 802. The summed E-state index contributed by atoms with van der Waals surface area (Å²) < 4.78 is 0. The normalized spacial score (nSPS) is 25.4. The molecule has 0 spiro atoms. The highest BCUT2D eigenvalue weighted by Crippen LogP contribution is 2.49. The number of pyridine rings is 2. The minimum atomic E-state index is 0.102. The number of carbonyl (C=O) groups is 1. The van der Waals surface area contributed by atoms with Crippen LogP contribution in [0.4, 0.5) is 11.5 Å². The monoisotopic (exact) mass is 336 g/mol. The second-order valence-corrected chi connectivity index (χ2v) is 7.30. The van der Waals surface area contributed by atoms with E-state index >= 15 is 0 Å². The zero-order chi connectivity index (χ0) is 17.6. The van der Waals surface area contributed by atoms with Crippen LogP contribution in [0.1, 0.15) is 44.0 Å². The summed E-state index contributed by atoms with van der Waals surface area (Å²) >= 11 is 0. The van der Waals surface area contributed by atoms with Crippen molar-refractivity contribution in [2.75, 3.05) is 10.2 Å². The maximum atomic E-state index is 12.4. The predicted molar refractivity (Wildman–Crippen MR) is 98.4 cm³/mol. The van der Waals surface area contributed by atoms with Gasteiger partial charge in [-0.05, 0) is 43.9 Å². The van der Waals surface area contributed by atoms with Gasteiger partial charge in [0.15, 0.2) is 0 Å². The van der Waals surface area contributed by atoms with E-state index in [1.54, 1.807) is 13.1 Å². The molecule has 5 nitrogen and oxygen atoms in total. The highest BCUT2D eigenvalue weighted by atomic mass is 16.2. The number of fused-ring (bicyclic) bond motifs is 1. The highest BCUT2D eigenvalue weighted by Gasteiger charge is 2.47. The molecule has 0 saturated heterocycles. The average Bonchev–Trinajstić information content (AvgIpc) is 3.41. The molecular formula is C20H24N4O. The lowest BCUT2D eigenvalue weighted by molar-refractivity contribution is -0.117. The standard InChI is InChI=1S/C20H24N4O/c1-12-5-4-6-18(22-12)23-19-13(2)20(15-7-8-15)24(14(3)25)17-11-21-10-9-16(17)19/h4-6,9-11,13,15,19-20H,7-8H2,1-3H3,(H,22,23)/t13-,19?,20?/m1/s1. The molecule has 1 aliphatic heterocycles. The maximum Gasteiger partial charge on any atom is 0.224 e. The van der Waals surface area contributed by atoms with Gasteiger partial charge in [0.05, 0.1) is 17.9 Å². The molecule has 4 rings (SSSR count). The highest BCUT2D eigenvalue weighted by molar-refractivity contribution is 5.94. The average molecular weight is 336 g/mol. The van der Waals surface area contributed by atoms with E-state index in [-0.39, 0.29) is 18.0 Å². The van der Waals surface area contributed by atoms with Crippen molar-refractivity contribution in [3.05, 3.63) is 47.9 Å². The maximum absolute atomic E-state index is 12.4. The third-order valence-electron chi connectivity index (χ3n) is 5.43. The molecule has 2 aliphatic rings. The number of aryl methyl sites for hydroxylation is 1. The first-order valence-corrected chi connectivity index (χ1v) is 9.00. The molecule has 2 aromatic rings. The number of amides is 1. The van der Waals surface area contributed by atoms with E-state index in [2.05, 4.69) is 22.2 Å². The molecule has 0 aromatic carbocycles. The molecule has 0 bridgehead atoms. The van der Waals surface area contributed by atoms with Crippen LogP contribution in [0.2, 0.25) is 0 Å². The lowest BCUT2D eigenvalue weighted by Gasteiger charge is -2.45. The third-order valence-corrected chi connectivity index (χ3v) is 5.43. The van der Waals surface area contributed by atoms with Crippen LogP contribution in [0.5, 0.6) is 0 Å². The van der Waals surface area contributed by atoms with Crippen molar-refractivity contribution in [3.63, 3.8) is 0 Å². The lowest BCUT2D eigenvalue weighted by atomic mass is 9.80. The molecule has 5 heteroatoms. The second kappa shape index (κ2) is 6.14. The molecule has 2 aromatic heterocycles. The summed E-state index contributed by atoms with van der Waals surface area (Å²) in [7, 11) is 0. The number of carbonyl (C=O) groups excluding carboxylic acids is 1. The summed E-state index contributed by atoms with van der Waals surface area (Å²) in [6.07, 6.45) is 6.03. The van der Waals surface area contributed by atoms with Crippen LogP contribution in [0.25, 0.3) is 0 Å². The smallest absolute Gasteiger partial charge is 0.224 e. The lowest BCUT2D eigenvalue weighted by Crippen LogP contribution is -2.51. The van der Waals surface area contributed by atoms with E-state index < -0.39 is 0 Å². The molecule has 1 fully saturated rings. The van der Waals surface area contributed by atoms with Crippen LogP contribution in [0, 0.1) is 18.8 Å². The van der Waals surface area contributed by atoms with Crippen LogP contribution >= 0.6 is 0 Å². The molecule has 1 amide bonds. The Kier molecular flexibility index (Phi) is 3.94. The fourth-order valence-electron chi connectivity index (χ4n) is 4.19. The Morgan fingerprint density at radius 3 is 2.76 bits per heavy atom. The number of rotatable bonds is 3. The molecule has 25 heavy (non-hydrogen) atoms. The second-order valence-electron chi connectivity index (χ2n) is 7.30. The van der Waals surface area contributed by atoms with Crippen LogP contribution in [0.3, 0.4) is 0 Å². The van der Waals surface area contributed by atoms with Crippen LogP contribution < -0.4 is 10.2 Å². The van der Waals surface area contributed by atoms with Gasteiger partial charge in [-0.25, -0.2) is 4.98 Å². The number of aromatic nitrogens is 2. The van der Waals surface area contributed by atoms with Gasteiger partial charge in [-0.2, -0.15) is 0 Å². The molecule has 0 radical (unpaired) electrons. The van der Waals surface area contributed by atoms with Crippen molar-refractivity contribution in [1.82, 2.24) is 9.97 Å². The van der Waals surface area contributed by atoms with Crippen LogP contribution in [-0.4, -0.2) is 21.9 Å². The summed E-state index contributed by atoms with van der Waals surface area (Å²) in [6.45, 7) is 5.91. The molecule has 1 N–H and O–H groups in total. The van der Waals surface area contributed by atoms with Gasteiger partial charge in [0.25, 0.3) is 0 Å².